The first-order valence-electron chi connectivity index (χ1n) is 15.4. The minimum atomic E-state index is -0.0640. The van der Waals surface area contributed by atoms with Gasteiger partial charge in [0.2, 0.25) is 0 Å². The summed E-state index contributed by atoms with van der Waals surface area (Å²) in [6.45, 7) is 16.4. The number of hydrogen-bond acceptors (Lipinski definition) is 3. The summed E-state index contributed by atoms with van der Waals surface area (Å²) in [5, 5.41) is 0. The molecule has 0 spiro atoms. The number of esters is 1. The fourth-order valence-corrected chi connectivity index (χ4v) is 9.14. The SMILES string of the molecule is CC(C)CCC[C@@H](C)[C@H]1CC[C@H]2[C@@H]3C(=O)C=C4C[C@H](OC(=O)CCC(C)C)CC[C@]4(C)[C@H]3CC[C@]12C. The van der Waals surface area contributed by atoms with E-state index in [1.54, 1.807) is 0 Å². The normalized spacial score (nSPS) is 38.9. The van der Waals surface area contributed by atoms with E-state index in [-0.39, 0.29) is 23.4 Å². The molecular weight excluding hydrogens is 444 g/mol. The Bertz CT molecular complexity index is 840. The molecule has 4 rings (SSSR count). The van der Waals surface area contributed by atoms with Gasteiger partial charge in [0, 0.05) is 18.8 Å². The Labute approximate surface area is 221 Å². The van der Waals surface area contributed by atoms with Gasteiger partial charge in [-0.1, -0.05) is 73.3 Å². The van der Waals surface area contributed by atoms with Crippen LogP contribution in [0.1, 0.15) is 126 Å². The van der Waals surface area contributed by atoms with Gasteiger partial charge in [0.05, 0.1) is 0 Å². The third-order valence-corrected chi connectivity index (χ3v) is 11.3. The summed E-state index contributed by atoms with van der Waals surface area (Å²) in [6, 6.07) is 0. The van der Waals surface area contributed by atoms with Crippen molar-refractivity contribution in [3.8, 4) is 0 Å². The molecule has 0 N–H and O–H groups in total. The molecule has 0 aromatic carbocycles. The average molecular weight is 499 g/mol. The Morgan fingerprint density at radius 3 is 2.36 bits per heavy atom. The molecule has 4 aliphatic rings. The fraction of sp³-hybridized carbons (Fsp3) is 0.879. The molecule has 3 heteroatoms. The number of carbonyl (C=O) groups excluding carboxylic acids is 2. The predicted octanol–water partition coefficient (Wildman–Crippen LogP) is 8.55. The second-order valence-electron chi connectivity index (χ2n) is 14.5. The molecule has 0 unspecified atom stereocenters. The van der Waals surface area contributed by atoms with Crippen molar-refractivity contribution in [2.75, 3.05) is 0 Å². The topological polar surface area (TPSA) is 43.4 Å². The second kappa shape index (κ2) is 10.9. The maximum atomic E-state index is 13.8. The van der Waals surface area contributed by atoms with Crippen LogP contribution in [0.4, 0.5) is 0 Å². The number of rotatable bonds is 9. The molecular formula is C33H54O3. The van der Waals surface area contributed by atoms with E-state index in [9.17, 15) is 9.59 Å². The van der Waals surface area contributed by atoms with Gasteiger partial charge in [-0.3, -0.25) is 9.59 Å². The van der Waals surface area contributed by atoms with Crippen LogP contribution in [0.15, 0.2) is 11.6 Å². The number of hydrogen-bond donors (Lipinski definition) is 0. The van der Waals surface area contributed by atoms with Crippen molar-refractivity contribution in [1.82, 2.24) is 0 Å². The highest BCUT2D eigenvalue weighted by molar-refractivity contribution is 5.94. The van der Waals surface area contributed by atoms with Crippen LogP contribution in [0, 0.1) is 52.3 Å². The van der Waals surface area contributed by atoms with Crippen molar-refractivity contribution in [1.29, 1.82) is 0 Å². The van der Waals surface area contributed by atoms with Crippen LogP contribution in [0.5, 0.6) is 0 Å². The third-order valence-electron chi connectivity index (χ3n) is 11.3. The van der Waals surface area contributed by atoms with Crippen LogP contribution in [0.25, 0.3) is 0 Å². The first-order valence-corrected chi connectivity index (χ1v) is 15.4. The molecule has 4 aliphatic carbocycles. The van der Waals surface area contributed by atoms with E-state index in [4.69, 9.17) is 4.74 Å². The van der Waals surface area contributed by atoms with Crippen molar-refractivity contribution in [3.05, 3.63) is 11.6 Å². The Morgan fingerprint density at radius 2 is 1.67 bits per heavy atom. The lowest BCUT2D eigenvalue weighted by atomic mass is 9.46. The van der Waals surface area contributed by atoms with Gasteiger partial charge in [0.1, 0.15) is 6.10 Å². The predicted molar refractivity (Wildman–Crippen MR) is 147 cm³/mol. The van der Waals surface area contributed by atoms with E-state index in [0.717, 1.165) is 43.4 Å². The largest absolute Gasteiger partial charge is 0.462 e. The summed E-state index contributed by atoms with van der Waals surface area (Å²) in [5.41, 5.74) is 1.70. The molecule has 0 aliphatic heterocycles. The Morgan fingerprint density at radius 1 is 0.944 bits per heavy atom. The van der Waals surface area contributed by atoms with E-state index in [0.29, 0.717) is 35.4 Å². The van der Waals surface area contributed by atoms with Gasteiger partial charge in [0.25, 0.3) is 0 Å². The summed E-state index contributed by atoms with van der Waals surface area (Å²) in [6.07, 6.45) is 15.1. The molecule has 204 valence electrons. The third kappa shape index (κ3) is 5.37. The number of ether oxygens (including phenoxy) is 1. The summed E-state index contributed by atoms with van der Waals surface area (Å²) in [5.74, 6) is 4.37. The number of carbonyl (C=O) groups is 2. The highest BCUT2D eigenvalue weighted by Crippen LogP contribution is 2.66. The molecule has 3 nitrogen and oxygen atoms in total. The van der Waals surface area contributed by atoms with Gasteiger partial charge in [-0.15, -0.1) is 0 Å². The minimum Gasteiger partial charge on any atom is -0.462 e. The van der Waals surface area contributed by atoms with Gasteiger partial charge in [0.15, 0.2) is 5.78 Å². The summed E-state index contributed by atoms with van der Waals surface area (Å²) in [4.78, 5) is 26.1. The molecule has 3 fully saturated rings. The molecule has 0 saturated heterocycles. The van der Waals surface area contributed by atoms with Gasteiger partial charge >= 0.3 is 5.97 Å². The van der Waals surface area contributed by atoms with Crippen molar-refractivity contribution in [2.45, 2.75) is 132 Å². The van der Waals surface area contributed by atoms with E-state index in [2.05, 4.69) is 48.5 Å². The first kappa shape index (κ1) is 27.9. The molecule has 0 radical (unpaired) electrons. The van der Waals surface area contributed by atoms with E-state index >= 15 is 0 Å². The lowest BCUT2D eigenvalue weighted by Crippen LogP contribution is -2.53. The lowest BCUT2D eigenvalue weighted by Gasteiger charge is -2.57. The van der Waals surface area contributed by atoms with Crippen LogP contribution in [0.3, 0.4) is 0 Å². The van der Waals surface area contributed by atoms with Crippen LogP contribution < -0.4 is 0 Å². The van der Waals surface area contributed by atoms with E-state index in [1.807, 2.05) is 6.08 Å². The minimum absolute atomic E-state index is 0.0512. The average Bonchev–Trinajstić information content (AvgIpc) is 3.15. The summed E-state index contributed by atoms with van der Waals surface area (Å²) in [7, 11) is 0. The Kier molecular flexibility index (Phi) is 8.47. The standard InChI is InChI=1S/C33H54O3/c1-21(2)9-8-10-23(5)26-12-13-27-31-28(16-18-33(26,27)7)32(6)17-15-25(19-24(32)20-29(31)34)36-30(35)14-11-22(3)4/h20-23,25-28,31H,8-19H2,1-7H3/t23-,25-,26-,27+,28+,31+,32+,33-/m1/s1. The highest BCUT2D eigenvalue weighted by Gasteiger charge is 2.61. The molecule has 0 aromatic rings. The van der Waals surface area contributed by atoms with Crippen molar-refractivity contribution < 1.29 is 14.3 Å². The monoisotopic (exact) mass is 498 g/mol. The number of fused-ring (bicyclic) bond motifs is 5. The maximum Gasteiger partial charge on any atom is 0.306 e. The zero-order valence-electron chi connectivity index (χ0n) is 24.4. The van der Waals surface area contributed by atoms with Crippen molar-refractivity contribution in [3.63, 3.8) is 0 Å². The van der Waals surface area contributed by atoms with Gasteiger partial charge in [-0.05, 0) is 97.4 Å². The highest BCUT2D eigenvalue weighted by atomic mass is 16.5. The van der Waals surface area contributed by atoms with Crippen LogP contribution in [0.2, 0.25) is 0 Å². The molecule has 3 saturated carbocycles. The molecule has 8 atom stereocenters. The summed E-state index contributed by atoms with van der Waals surface area (Å²) >= 11 is 0. The molecule has 0 heterocycles. The quantitative estimate of drug-likeness (QED) is 0.299. The van der Waals surface area contributed by atoms with Crippen molar-refractivity contribution in [2.24, 2.45) is 52.3 Å². The summed E-state index contributed by atoms with van der Waals surface area (Å²) < 4.78 is 5.89. The zero-order chi connectivity index (χ0) is 26.3. The molecule has 0 amide bonds. The van der Waals surface area contributed by atoms with Crippen molar-refractivity contribution >= 4 is 11.8 Å². The molecule has 36 heavy (non-hydrogen) atoms. The van der Waals surface area contributed by atoms with E-state index < -0.39 is 0 Å². The van der Waals surface area contributed by atoms with Gasteiger partial charge in [-0.2, -0.15) is 0 Å². The molecule has 0 bridgehead atoms. The Balaban J connectivity index is 1.45. The fourth-order valence-electron chi connectivity index (χ4n) is 9.14. The van der Waals surface area contributed by atoms with Gasteiger partial charge in [-0.25, -0.2) is 0 Å². The smallest absolute Gasteiger partial charge is 0.306 e. The van der Waals surface area contributed by atoms with Crippen LogP contribution >= 0.6 is 0 Å². The van der Waals surface area contributed by atoms with Gasteiger partial charge < -0.3 is 4.74 Å². The number of ketones is 1. The number of allylic oxidation sites excluding steroid dienone is 1. The lowest BCUT2D eigenvalue weighted by molar-refractivity contribution is -0.152. The molecule has 0 aromatic heterocycles. The van der Waals surface area contributed by atoms with Crippen LogP contribution in [-0.4, -0.2) is 17.9 Å². The second-order valence-corrected chi connectivity index (χ2v) is 14.5. The first-order chi connectivity index (χ1) is 17.0. The Hall–Kier alpha value is -1.12. The maximum absolute atomic E-state index is 13.8. The zero-order valence-corrected chi connectivity index (χ0v) is 24.4. The van der Waals surface area contributed by atoms with E-state index in [1.165, 1.54) is 50.5 Å². The van der Waals surface area contributed by atoms with Crippen LogP contribution in [-0.2, 0) is 14.3 Å².